The van der Waals surface area contributed by atoms with Gasteiger partial charge in [0.2, 0.25) is 0 Å². The second-order valence-electron chi connectivity index (χ2n) is 8.23. The molecule has 29 heavy (non-hydrogen) atoms. The molecule has 0 saturated heterocycles. The van der Waals surface area contributed by atoms with Gasteiger partial charge in [0.25, 0.3) is 5.91 Å². The maximum Gasteiger partial charge on any atom is 0.251 e. The summed E-state index contributed by atoms with van der Waals surface area (Å²) in [6, 6.07) is 9.74. The summed E-state index contributed by atoms with van der Waals surface area (Å²) >= 11 is 0. The lowest BCUT2D eigenvalue weighted by atomic mass is 9.84. The molecular formula is C22H30N6O. The van der Waals surface area contributed by atoms with Gasteiger partial charge in [-0.15, -0.1) is 0 Å². The van der Waals surface area contributed by atoms with E-state index in [4.69, 9.17) is 0 Å². The first-order valence-corrected chi connectivity index (χ1v) is 10.5. The third-order valence-electron chi connectivity index (χ3n) is 5.53. The fraction of sp³-hybridized carbons (Fsp3) is 0.545. The van der Waals surface area contributed by atoms with Crippen molar-refractivity contribution in [2.24, 2.45) is 11.8 Å². The van der Waals surface area contributed by atoms with Crippen molar-refractivity contribution in [1.82, 2.24) is 25.4 Å². The van der Waals surface area contributed by atoms with Gasteiger partial charge in [0.1, 0.15) is 12.7 Å². The van der Waals surface area contributed by atoms with E-state index in [1.165, 1.54) is 12.7 Å². The zero-order chi connectivity index (χ0) is 20.6. The van der Waals surface area contributed by atoms with Crippen LogP contribution in [0.3, 0.4) is 0 Å². The fourth-order valence-corrected chi connectivity index (χ4v) is 3.95. The molecule has 0 radical (unpaired) electrons. The molecular weight excluding hydrogens is 364 g/mol. The number of carbonyl (C=O) groups is 1. The van der Waals surface area contributed by atoms with Crippen LogP contribution >= 0.6 is 0 Å². The number of nitrogens with zero attached hydrogens (tertiary/aromatic N) is 4. The summed E-state index contributed by atoms with van der Waals surface area (Å²) in [6.45, 7) is 5.02. The highest BCUT2D eigenvalue weighted by Gasteiger charge is 2.27. The predicted molar refractivity (Wildman–Crippen MR) is 111 cm³/mol. The summed E-state index contributed by atoms with van der Waals surface area (Å²) in [7, 11) is 0. The van der Waals surface area contributed by atoms with Gasteiger partial charge >= 0.3 is 0 Å². The van der Waals surface area contributed by atoms with Crippen molar-refractivity contribution in [2.45, 2.75) is 58.0 Å². The zero-order valence-electron chi connectivity index (χ0n) is 17.2. The largest absolute Gasteiger partial charge is 0.349 e. The Labute approximate surface area is 172 Å². The van der Waals surface area contributed by atoms with Gasteiger partial charge in [0, 0.05) is 18.2 Å². The minimum atomic E-state index is -0.127. The van der Waals surface area contributed by atoms with Crippen molar-refractivity contribution < 1.29 is 4.79 Å². The molecule has 0 bridgehead atoms. The maximum atomic E-state index is 12.8. The van der Waals surface area contributed by atoms with Gasteiger partial charge in [-0.3, -0.25) is 4.79 Å². The van der Waals surface area contributed by atoms with E-state index in [0.717, 1.165) is 37.9 Å². The number of rotatable bonds is 8. The van der Waals surface area contributed by atoms with Gasteiger partial charge in [-0.25, -0.2) is 9.67 Å². The summed E-state index contributed by atoms with van der Waals surface area (Å²) in [5.74, 6) is 0.783. The molecule has 154 valence electrons. The molecule has 0 spiro atoms. The Morgan fingerprint density at radius 1 is 1.28 bits per heavy atom. The van der Waals surface area contributed by atoms with Gasteiger partial charge in [-0.2, -0.15) is 10.4 Å². The first kappa shape index (κ1) is 21.0. The van der Waals surface area contributed by atoms with Crippen LogP contribution in [-0.4, -0.2) is 39.3 Å². The molecule has 2 aromatic rings. The summed E-state index contributed by atoms with van der Waals surface area (Å²) in [5, 5.41) is 20.1. The molecule has 1 heterocycles. The van der Waals surface area contributed by atoms with Gasteiger partial charge < -0.3 is 10.6 Å². The first-order chi connectivity index (χ1) is 14.1. The summed E-state index contributed by atoms with van der Waals surface area (Å²) in [4.78, 5) is 16.7. The highest BCUT2D eigenvalue weighted by molar-refractivity contribution is 5.94. The lowest BCUT2D eigenvalue weighted by Gasteiger charge is -2.33. The monoisotopic (exact) mass is 394 g/mol. The van der Waals surface area contributed by atoms with Crippen LogP contribution in [0.15, 0.2) is 36.9 Å². The number of benzene rings is 1. The molecule has 1 amide bonds. The SMILES string of the molecule is CC(C)C[C@@H](C#N)NC[C@H]1CCCC[C@@H]1NC(=O)c1ccc(-n2cncn2)cc1. The number of aromatic nitrogens is 3. The average Bonchev–Trinajstić information content (AvgIpc) is 3.27. The number of carbonyl (C=O) groups excluding carboxylic acids is 1. The van der Waals surface area contributed by atoms with Gasteiger partial charge in [-0.05, 0) is 55.4 Å². The standard InChI is InChI=1S/C22H30N6O/c1-16(2)11-19(12-23)25-13-18-5-3-4-6-21(18)27-22(29)17-7-9-20(10-8-17)28-15-24-14-26-28/h7-10,14-16,18-19,21,25H,3-6,11,13H2,1-2H3,(H,27,29)/t18-,19+,21+/m1/s1. The maximum absolute atomic E-state index is 12.8. The molecule has 7 nitrogen and oxygen atoms in total. The molecule has 2 N–H and O–H groups in total. The Balaban J connectivity index is 1.58. The number of amides is 1. The summed E-state index contributed by atoms with van der Waals surface area (Å²) in [5.41, 5.74) is 1.51. The van der Waals surface area contributed by atoms with Crippen LogP contribution in [0.2, 0.25) is 0 Å². The van der Waals surface area contributed by atoms with E-state index in [-0.39, 0.29) is 18.0 Å². The average molecular weight is 395 g/mol. The third kappa shape index (κ3) is 5.88. The number of nitriles is 1. The first-order valence-electron chi connectivity index (χ1n) is 10.5. The Morgan fingerprint density at radius 2 is 2.03 bits per heavy atom. The van der Waals surface area contributed by atoms with Crippen molar-refractivity contribution in [3.05, 3.63) is 42.5 Å². The van der Waals surface area contributed by atoms with Crippen LogP contribution in [0, 0.1) is 23.2 Å². The van der Waals surface area contributed by atoms with E-state index in [2.05, 4.69) is 40.6 Å². The van der Waals surface area contributed by atoms with Gasteiger partial charge in [0.15, 0.2) is 0 Å². The van der Waals surface area contributed by atoms with E-state index in [0.29, 0.717) is 17.4 Å². The molecule has 1 aromatic heterocycles. The topological polar surface area (TPSA) is 95.6 Å². The summed E-state index contributed by atoms with van der Waals surface area (Å²) in [6.07, 6.45) is 8.31. The lowest BCUT2D eigenvalue weighted by Crippen LogP contribution is -2.47. The molecule has 0 aliphatic heterocycles. The van der Waals surface area contributed by atoms with Crippen LogP contribution in [0.1, 0.15) is 56.3 Å². The fourth-order valence-electron chi connectivity index (χ4n) is 3.95. The molecule has 7 heteroatoms. The zero-order valence-corrected chi connectivity index (χ0v) is 17.2. The van der Waals surface area contributed by atoms with Crippen molar-refractivity contribution in [3.8, 4) is 11.8 Å². The quantitative estimate of drug-likeness (QED) is 0.717. The van der Waals surface area contributed by atoms with E-state index in [1.54, 1.807) is 11.0 Å². The second kappa shape index (κ2) is 10.2. The number of hydrogen-bond acceptors (Lipinski definition) is 5. The van der Waals surface area contributed by atoms with E-state index < -0.39 is 0 Å². The van der Waals surface area contributed by atoms with Crippen LogP contribution < -0.4 is 10.6 Å². The Kier molecular flexibility index (Phi) is 7.36. The molecule has 1 saturated carbocycles. The van der Waals surface area contributed by atoms with E-state index in [1.807, 2.05) is 24.3 Å². The van der Waals surface area contributed by atoms with Gasteiger partial charge in [0.05, 0.1) is 17.8 Å². The Hall–Kier alpha value is -2.72. The minimum absolute atomic E-state index is 0.0500. The van der Waals surface area contributed by atoms with Crippen molar-refractivity contribution >= 4 is 5.91 Å². The lowest BCUT2D eigenvalue weighted by molar-refractivity contribution is 0.0905. The molecule has 1 aliphatic carbocycles. The van der Waals surface area contributed by atoms with Crippen LogP contribution in [0.25, 0.3) is 5.69 Å². The minimum Gasteiger partial charge on any atom is -0.349 e. The van der Waals surface area contributed by atoms with Crippen LogP contribution in [-0.2, 0) is 0 Å². The molecule has 1 fully saturated rings. The Morgan fingerprint density at radius 3 is 2.69 bits per heavy atom. The molecule has 1 aromatic carbocycles. The second-order valence-corrected chi connectivity index (χ2v) is 8.23. The Bertz CT molecular complexity index is 809. The summed E-state index contributed by atoms with van der Waals surface area (Å²) < 4.78 is 1.66. The number of nitrogens with one attached hydrogen (secondary N) is 2. The van der Waals surface area contributed by atoms with Crippen LogP contribution in [0.5, 0.6) is 0 Å². The van der Waals surface area contributed by atoms with E-state index >= 15 is 0 Å². The third-order valence-corrected chi connectivity index (χ3v) is 5.53. The predicted octanol–water partition coefficient (Wildman–Crippen LogP) is 3.08. The highest BCUT2D eigenvalue weighted by Crippen LogP contribution is 2.25. The van der Waals surface area contributed by atoms with Crippen molar-refractivity contribution in [3.63, 3.8) is 0 Å². The molecule has 3 atom stereocenters. The number of hydrogen-bond donors (Lipinski definition) is 2. The van der Waals surface area contributed by atoms with Crippen LogP contribution in [0.4, 0.5) is 0 Å². The molecule has 0 unspecified atom stereocenters. The van der Waals surface area contributed by atoms with Crippen molar-refractivity contribution in [1.29, 1.82) is 5.26 Å². The van der Waals surface area contributed by atoms with E-state index in [9.17, 15) is 10.1 Å². The molecule has 1 aliphatic rings. The van der Waals surface area contributed by atoms with Crippen molar-refractivity contribution in [2.75, 3.05) is 6.54 Å². The smallest absolute Gasteiger partial charge is 0.251 e. The van der Waals surface area contributed by atoms with Gasteiger partial charge in [-0.1, -0.05) is 26.7 Å². The molecule has 3 rings (SSSR count). The highest BCUT2D eigenvalue weighted by atomic mass is 16.1. The normalized spacial score (nSPS) is 20.2.